The largest absolute Gasteiger partial charge is 0.344 e. The Morgan fingerprint density at radius 2 is 1.94 bits per heavy atom. The number of rotatable bonds is 3. The Balaban J connectivity index is 2.36. The number of aromatic nitrogens is 2. The number of aromatic amines is 1. The van der Waals surface area contributed by atoms with Crippen molar-refractivity contribution in [1.29, 1.82) is 0 Å². The number of nitrogens with zero attached hydrogens (tertiary/aromatic N) is 1. The lowest BCUT2D eigenvalue weighted by Gasteiger charge is -2.17. The van der Waals surface area contributed by atoms with Gasteiger partial charge in [-0.3, -0.25) is 4.79 Å². The van der Waals surface area contributed by atoms with Crippen molar-refractivity contribution in [2.24, 2.45) is 0 Å². The SMILES string of the molecule is Cc1ncc(C(Br)(Br)C(=O)c2ccccc2)[nH]1. The molecule has 1 N–H and O–H groups in total. The highest BCUT2D eigenvalue weighted by atomic mass is 79.9. The number of hydrogen-bond donors (Lipinski definition) is 1. The molecule has 1 aromatic heterocycles. The lowest BCUT2D eigenvalue weighted by atomic mass is 10.1. The molecule has 0 saturated carbocycles. The van der Waals surface area contributed by atoms with E-state index in [2.05, 4.69) is 41.8 Å². The molecular formula is C12H10Br2N2O. The van der Waals surface area contributed by atoms with Crippen molar-refractivity contribution < 1.29 is 4.79 Å². The Kier molecular flexibility index (Phi) is 3.49. The highest BCUT2D eigenvalue weighted by Gasteiger charge is 2.36. The fraction of sp³-hybridized carbons (Fsp3) is 0.167. The minimum absolute atomic E-state index is 0.0678. The predicted molar refractivity (Wildman–Crippen MR) is 73.6 cm³/mol. The van der Waals surface area contributed by atoms with Crippen LogP contribution >= 0.6 is 31.9 Å². The number of ketones is 1. The standard InChI is InChI=1S/C12H10Br2N2O/c1-8-15-7-10(16-8)12(13,14)11(17)9-5-3-2-4-6-9/h2-7H,1H3,(H,15,16). The maximum absolute atomic E-state index is 12.3. The zero-order valence-corrected chi connectivity index (χ0v) is 12.2. The van der Waals surface area contributed by atoms with Gasteiger partial charge in [0.25, 0.3) is 0 Å². The van der Waals surface area contributed by atoms with Gasteiger partial charge in [-0.1, -0.05) is 62.2 Å². The van der Waals surface area contributed by atoms with Gasteiger partial charge in [-0.25, -0.2) is 4.98 Å². The molecule has 0 aliphatic rings. The van der Waals surface area contributed by atoms with Gasteiger partial charge in [0.1, 0.15) is 5.82 Å². The normalized spacial score (nSPS) is 11.5. The molecular weight excluding hydrogens is 348 g/mol. The predicted octanol–water partition coefficient (Wildman–Crippen LogP) is 3.54. The summed E-state index contributed by atoms with van der Waals surface area (Å²) in [4.78, 5) is 19.5. The topological polar surface area (TPSA) is 45.8 Å². The van der Waals surface area contributed by atoms with E-state index in [1.165, 1.54) is 0 Å². The highest BCUT2D eigenvalue weighted by Crippen LogP contribution is 2.40. The molecule has 17 heavy (non-hydrogen) atoms. The number of halogens is 2. The monoisotopic (exact) mass is 356 g/mol. The van der Waals surface area contributed by atoms with Crippen molar-refractivity contribution in [3.8, 4) is 0 Å². The lowest BCUT2D eigenvalue weighted by molar-refractivity contribution is 0.0981. The molecule has 1 heterocycles. The zero-order valence-electron chi connectivity index (χ0n) is 9.08. The van der Waals surface area contributed by atoms with E-state index < -0.39 is 3.23 Å². The van der Waals surface area contributed by atoms with Gasteiger partial charge in [-0.2, -0.15) is 0 Å². The second-order valence-electron chi connectivity index (χ2n) is 3.65. The molecule has 0 radical (unpaired) electrons. The number of alkyl halides is 2. The molecule has 0 aliphatic heterocycles. The van der Waals surface area contributed by atoms with E-state index in [9.17, 15) is 4.79 Å². The van der Waals surface area contributed by atoms with Gasteiger partial charge in [0.2, 0.25) is 0 Å². The first kappa shape index (κ1) is 12.5. The fourth-order valence-corrected chi connectivity index (χ4v) is 2.33. The summed E-state index contributed by atoms with van der Waals surface area (Å²) in [6, 6.07) is 9.11. The summed E-state index contributed by atoms with van der Waals surface area (Å²) < 4.78 is -0.956. The van der Waals surface area contributed by atoms with Crippen molar-refractivity contribution in [1.82, 2.24) is 9.97 Å². The quantitative estimate of drug-likeness (QED) is 0.674. The number of aryl methyl sites for hydroxylation is 1. The van der Waals surface area contributed by atoms with Crippen molar-refractivity contribution >= 4 is 37.6 Å². The number of hydrogen-bond acceptors (Lipinski definition) is 2. The van der Waals surface area contributed by atoms with Crippen LogP contribution in [0, 0.1) is 6.92 Å². The van der Waals surface area contributed by atoms with E-state index in [-0.39, 0.29) is 5.78 Å². The van der Waals surface area contributed by atoms with E-state index >= 15 is 0 Å². The third kappa shape index (κ3) is 2.50. The number of carbonyl (C=O) groups excluding carboxylic acids is 1. The average molecular weight is 358 g/mol. The Morgan fingerprint density at radius 1 is 1.29 bits per heavy atom. The van der Waals surface area contributed by atoms with Crippen molar-refractivity contribution in [2.45, 2.75) is 10.2 Å². The zero-order chi connectivity index (χ0) is 12.5. The molecule has 0 spiro atoms. The molecule has 0 atom stereocenters. The van der Waals surface area contributed by atoms with Gasteiger partial charge >= 0.3 is 0 Å². The Labute approximate surface area is 116 Å². The second kappa shape index (κ2) is 4.74. The summed E-state index contributed by atoms with van der Waals surface area (Å²) >= 11 is 6.80. The van der Waals surface area contributed by atoms with Crippen LogP contribution in [0.5, 0.6) is 0 Å². The summed E-state index contributed by atoms with van der Waals surface area (Å²) in [5.74, 6) is 0.700. The maximum atomic E-state index is 12.3. The molecule has 2 rings (SSSR count). The van der Waals surface area contributed by atoms with E-state index in [1.807, 2.05) is 25.1 Å². The molecule has 3 nitrogen and oxygen atoms in total. The smallest absolute Gasteiger partial charge is 0.196 e. The molecule has 88 valence electrons. The van der Waals surface area contributed by atoms with Crippen LogP contribution in [0.4, 0.5) is 0 Å². The van der Waals surface area contributed by atoms with Crippen LogP contribution in [0.3, 0.4) is 0 Å². The molecule has 0 fully saturated rings. The van der Waals surface area contributed by atoms with Crippen LogP contribution in [-0.4, -0.2) is 15.8 Å². The number of carbonyl (C=O) groups is 1. The summed E-state index contributed by atoms with van der Waals surface area (Å²) in [5, 5.41) is 0. The Morgan fingerprint density at radius 3 is 2.47 bits per heavy atom. The van der Waals surface area contributed by atoms with Gasteiger partial charge < -0.3 is 4.98 Å². The second-order valence-corrected chi connectivity index (χ2v) is 7.09. The Hall–Kier alpha value is -0.940. The first-order chi connectivity index (χ1) is 8.01. The van der Waals surface area contributed by atoms with Crippen LogP contribution in [0.15, 0.2) is 36.5 Å². The summed E-state index contributed by atoms with van der Waals surface area (Å²) in [5.41, 5.74) is 1.32. The van der Waals surface area contributed by atoms with Gasteiger partial charge in [0.15, 0.2) is 9.02 Å². The van der Waals surface area contributed by atoms with Crippen LogP contribution in [-0.2, 0) is 3.23 Å². The fourth-order valence-electron chi connectivity index (χ4n) is 1.47. The summed E-state index contributed by atoms with van der Waals surface area (Å²) in [7, 11) is 0. The number of nitrogens with one attached hydrogen (secondary N) is 1. The van der Waals surface area contributed by atoms with Gasteiger partial charge in [0.05, 0.1) is 11.9 Å². The van der Waals surface area contributed by atoms with E-state index in [4.69, 9.17) is 0 Å². The van der Waals surface area contributed by atoms with Crippen molar-refractivity contribution in [3.05, 3.63) is 53.6 Å². The first-order valence-corrected chi connectivity index (χ1v) is 6.60. The molecule has 5 heteroatoms. The number of benzene rings is 1. The van der Waals surface area contributed by atoms with Gasteiger partial charge in [0, 0.05) is 5.56 Å². The molecule has 0 aliphatic carbocycles. The summed E-state index contributed by atoms with van der Waals surface area (Å²) in [6.45, 7) is 1.84. The number of imidazole rings is 1. The number of H-pyrrole nitrogens is 1. The van der Waals surface area contributed by atoms with Crippen molar-refractivity contribution in [3.63, 3.8) is 0 Å². The first-order valence-electron chi connectivity index (χ1n) is 5.01. The maximum Gasteiger partial charge on any atom is 0.196 e. The van der Waals surface area contributed by atoms with Gasteiger partial charge in [-0.05, 0) is 6.92 Å². The van der Waals surface area contributed by atoms with Crippen molar-refractivity contribution in [2.75, 3.05) is 0 Å². The van der Waals surface area contributed by atoms with E-state index in [0.717, 1.165) is 5.82 Å². The minimum Gasteiger partial charge on any atom is -0.344 e. The molecule has 0 amide bonds. The molecule has 0 saturated heterocycles. The molecule has 0 bridgehead atoms. The third-order valence-corrected chi connectivity index (χ3v) is 3.94. The lowest BCUT2D eigenvalue weighted by Crippen LogP contribution is -2.23. The Bertz CT molecular complexity index is 534. The van der Waals surface area contributed by atoms with Crippen LogP contribution in [0.2, 0.25) is 0 Å². The van der Waals surface area contributed by atoms with Crippen LogP contribution < -0.4 is 0 Å². The van der Waals surface area contributed by atoms with Crippen LogP contribution in [0.25, 0.3) is 0 Å². The number of Topliss-reactive ketones (excluding diaryl/α,β-unsaturated/α-hetero) is 1. The van der Waals surface area contributed by atoms with E-state index in [1.54, 1.807) is 18.3 Å². The minimum atomic E-state index is -0.956. The van der Waals surface area contributed by atoms with Gasteiger partial charge in [-0.15, -0.1) is 0 Å². The molecule has 0 unspecified atom stereocenters. The average Bonchev–Trinajstić information content (AvgIpc) is 2.77. The highest BCUT2D eigenvalue weighted by molar-refractivity contribution is 9.25. The van der Waals surface area contributed by atoms with Crippen LogP contribution in [0.1, 0.15) is 21.9 Å². The molecule has 1 aromatic carbocycles. The van der Waals surface area contributed by atoms with E-state index in [0.29, 0.717) is 11.3 Å². The summed E-state index contributed by atoms with van der Waals surface area (Å²) in [6.07, 6.45) is 1.64. The molecule has 2 aromatic rings. The third-order valence-electron chi connectivity index (χ3n) is 2.36.